The molecule has 0 N–H and O–H groups in total. The van der Waals surface area contributed by atoms with Gasteiger partial charge in [-0.25, -0.2) is 0 Å². The van der Waals surface area contributed by atoms with E-state index in [0.717, 1.165) is 5.30 Å². The molecule has 0 saturated carbocycles. The van der Waals surface area contributed by atoms with E-state index in [2.05, 4.69) is 0 Å². The zero-order chi connectivity index (χ0) is 6.69. The van der Waals surface area contributed by atoms with Gasteiger partial charge in [0, 0.05) is 10.3 Å². The maximum Gasteiger partial charge on any atom is 0.192 e. The van der Waals surface area contributed by atoms with Crippen LogP contribution in [0.2, 0.25) is 5.02 Å². The fourth-order valence-corrected chi connectivity index (χ4v) is 0.899. The topological polar surface area (TPSA) is 17.1 Å². The van der Waals surface area contributed by atoms with E-state index in [1.165, 1.54) is 0 Å². The minimum atomic E-state index is 0. The summed E-state index contributed by atoms with van der Waals surface area (Å²) in [5, 5.41) is 1.42. The molecule has 0 aromatic heterocycles. The van der Waals surface area contributed by atoms with Crippen LogP contribution in [0, 0.1) is 0 Å². The Hall–Kier alpha value is 0.190. The lowest BCUT2D eigenvalue weighted by Crippen LogP contribution is -1.86. The summed E-state index contributed by atoms with van der Waals surface area (Å²) in [5.74, 6) is 0. The number of hydrogen-bond donors (Lipinski definition) is 0. The van der Waals surface area contributed by atoms with Gasteiger partial charge in [0.15, 0.2) is 8.46 Å². The zero-order valence-electron chi connectivity index (χ0n) is 5.36. The average molecular weight is 231 g/mol. The second-order valence-electron chi connectivity index (χ2n) is 1.57. The van der Waals surface area contributed by atoms with Crippen LogP contribution in [0.25, 0.3) is 0 Å². The molecule has 0 bridgehead atoms. The van der Waals surface area contributed by atoms with Crippen molar-refractivity contribution in [2.45, 2.75) is 0 Å². The van der Waals surface area contributed by atoms with Gasteiger partial charge in [0.2, 0.25) is 0 Å². The molecule has 62 valence electrons. The summed E-state index contributed by atoms with van der Waals surface area (Å²) in [6.45, 7) is 0. The minimum absolute atomic E-state index is 0. The largest absolute Gasteiger partial charge is 0.269 e. The lowest BCUT2D eigenvalue weighted by atomic mass is 10.4. The van der Waals surface area contributed by atoms with Crippen LogP contribution in [0.4, 0.5) is 0 Å². The lowest BCUT2D eigenvalue weighted by Gasteiger charge is -1.86. The molecule has 0 atom stereocenters. The Kier molecular flexibility index (Phi) is 8.60. The molecule has 1 aromatic carbocycles. The number of benzene rings is 1. The van der Waals surface area contributed by atoms with Gasteiger partial charge < -0.3 is 0 Å². The molecule has 0 fully saturated rings. The van der Waals surface area contributed by atoms with Crippen LogP contribution in [-0.4, -0.2) is 0 Å². The quantitative estimate of drug-likeness (QED) is 0.679. The van der Waals surface area contributed by atoms with E-state index in [-0.39, 0.29) is 33.3 Å². The van der Waals surface area contributed by atoms with Crippen LogP contribution in [0.1, 0.15) is 0 Å². The molecule has 0 spiro atoms. The van der Waals surface area contributed by atoms with Crippen LogP contribution < -0.4 is 5.30 Å². The summed E-state index contributed by atoms with van der Waals surface area (Å²) in [6.07, 6.45) is 0. The van der Waals surface area contributed by atoms with Gasteiger partial charge in [-0.1, -0.05) is 11.6 Å². The molecule has 0 heterocycles. The van der Waals surface area contributed by atoms with Gasteiger partial charge in [-0.05, 0) is 24.3 Å². The van der Waals surface area contributed by atoms with E-state index in [1.54, 1.807) is 24.3 Å². The van der Waals surface area contributed by atoms with Gasteiger partial charge in [0.05, 0.1) is 0 Å². The Balaban J connectivity index is 0. The van der Waals surface area contributed by atoms with Gasteiger partial charge in [-0.15, -0.1) is 24.8 Å². The normalized spacial score (nSPS) is 8.09. The fourth-order valence-electron chi connectivity index (χ4n) is 0.502. The first-order valence-corrected chi connectivity index (χ1v) is 3.61. The highest BCUT2D eigenvalue weighted by atomic mass is 35.5. The fraction of sp³-hybridized carbons (Fsp3) is 0. The molecular weight excluding hydrogens is 225 g/mol. The Labute approximate surface area is 84.2 Å². The predicted octanol–water partition coefficient (Wildman–Crippen LogP) is 3.10. The lowest BCUT2D eigenvalue weighted by molar-refractivity contribution is 0.603. The van der Waals surface area contributed by atoms with Gasteiger partial charge in [0.1, 0.15) is 0 Å². The molecule has 11 heavy (non-hydrogen) atoms. The van der Waals surface area contributed by atoms with Crippen molar-refractivity contribution in [3.63, 3.8) is 0 Å². The predicted molar refractivity (Wildman–Crippen MR) is 53.2 cm³/mol. The average Bonchev–Trinajstić information content (AvgIpc) is 1.90. The third-order valence-corrected chi connectivity index (χ3v) is 1.69. The smallest absolute Gasteiger partial charge is 0.192 e. The first kappa shape index (κ1) is 13.8. The number of halogens is 3. The first-order chi connectivity index (χ1) is 4.33. The highest BCUT2D eigenvalue weighted by Crippen LogP contribution is 2.06. The molecule has 1 aromatic rings. The molecule has 0 aliphatic rings. The maximum atomic E-state index is 10.2. The SMILES string of the molecule is Cl.Cl.O=Pc1ccc(Cl)cc1. The summed E-state index contributed by atoms with van der Waals surface area (Å²) in [4.78, 5) is 0. The summed E-state index contributed by atoms with van der Waals surface area (Å²) >= 11 is 5.56. The Morgan fingerprint density at radius 3 is 1.91 bits per heavy atom. The summed E-state index contributed by atoms with van der Waals surface area (Å²) < 4.78 is 10.2. The summed E-state index contributed by atoms with van der Waals surface area (Å²) in [7, 11) is 0.0433. The number of rotatable bonds is 1. The van der Waals surface area contributed by atoms with E-state index in [1.807, 2.05) is 0 Å². The minimum Gasteiger partial charge on any atom is -0.269 e. The molecule has 0 aliphatic carbocycles. The van der Waals surface area contributed by atoms with E-state index >= 15 is 0 Å². The molecular formula is C6H6Cl3OP. The van der Waals surface area contributed by atoms with Crippen molar-refractivity contribution in [1.82, 2.24) is 0 Å². The van der Waals surface area contributed by atoms with Crippen molar-refractivity contribution in [1.29, 1.82) is 0 Å². The summed E-state index contributed by atoms with van der Waals surface area (Å²) in [5.41, 5.74) is 0. The van der Waals surface area contributed by atoms with Crippen LogP contribution in [-0.2, 0) is 4.57 Å². The van der Waals surface area contributed by atoms with Crippen molar-refractivity contribution in [3.8, 4) is 0 Å². The van der Waals surface area contributed by atoms with Crippen molar-refractivity contribution in [2.24, 2.45) is 0 Å². The molecule has 5 heteroatoms. The Morgan fingerprint density at radius 2 is 1.55 bits per heavy atom. The second kappa shape index (κ2) is 6.87. The van der Waals surface area contributed by atoms with Crippen molar-refractivity contribution < 1.29 is 4.57 Å². The van der Waals surface area contributed by atoms with Crippen LogP contribution in [0.3, 0.4) is 0 Å². The van der Waals surface area contributed by atoms with Gasteiger partial charge >= 0.3 is 0 Å². The van der Waals surface area contributed by atoms with Gasteiger partial charge in [-0.3, -0.25) is 4.57 Å². The van der Waals surface area contributed by atoms with Crippen LogP contribution >= 0.6 is 44.9 Å². The zero-order valence-corrected chi connectivity index (χ0v) is 8.64. The highest BCUT2D eigenvalue weighted by molar-refractivity contribution is 7.34. The number of hydrogen-bond acceptors (Lipinski definition) is 1. The molecule has 0 aliphatic heterocycles. The Bertz CT molecular complexity index is 212. The van der Waals surface area contributed by atoms with E-state index in [0.29, 0.717) is 5.02 Å². The molecule has 0 amide bonds. The van der Waals surface area contributed by atoms with Crippen molar-refractivity contribution in [3.05, 3.63) is 29.3 Å². The van der Waals surface area contributed by atoms with Gasteiger partial charge in [0.25, 0.3) is 0 Å². The third-order valence-electron chi connectivity index (χ3n) is 0.932. The third kappa shape index (κ3) is 4.60. The van der Waals surface area contributed by atoms with Crippen molar-refractivity contribution in [2.75, 3.05) is 0 Å². The van der Waals surface area contributed by atoms with Crippen LogP contribution in [0.15, 0.2) is 24.3 Å². The Morgan fingerprint density at radius 1 is 1.09 bits per heavy atom. The van der Waals surface area contributed by atoms with Crippen molar-refractivity contribution >= 4 is 50.2 Å². The standard InChI is InChI=1S/C6H4ClOP.2ClH/c7-5-1-3-6(9-8)4-2-5;;/h1-4H;2*1H. The molecule has 1 nitrogen and oxygen atoms in total. The first-order valence-electron chi connectivity index (χ1n) is 2.42. The van der Waals surface area contributed by atoms with Crippen LogP contribution in [0.5, 0.6) is 0 Å². The summed E-state index contributed by atoms with van der Waals surface area (Å²) in [6, 6.07) is 6.86. The molecule has 0 saturated heterocycles. The maximum absolute atomic E-state index is 10.2. The van der Waals surface area contributed by atoms with E-state index < -0.39 is 0 Å². The second-order valence-corrected chi connectivity index (χ2v) is 2.70. The molecule has 1 rings (SSSR count). The van der Waals surface area contributed by atoms with Gasteiger partial charge in [-0.2, -0.15) is 0 Å². The molecule has 0 radical (unpaired) electrons. The molecule has 0 unspecified atom stereocenters. The van der Waals surface area contributed by atoms with E-state index in [9.17, 15) is 4.57 Å². The highest BCUT2D eigenvalue weighted by Gasteiger charge is 1.87. The van der Waals surface area contributed by atoms with E-state index in [4.69, 9.17) is 11.6 Å². The monoisotopic (exact) mass is 230 g/mol.